The van der Waals surface area contributed by atoms with Crippen molar-refractivity contribution in [3.05, 3.63) is 29.8 Å². The van der Waals surface area contributed by atoms with Gasteiger partial charge in [-0.1, -0.05) is 25.7 Å². The first-order chi connectivity index (χ1) is 20.2. The Hall–Kier alpha value is -3.02. The number of benzene rings is 1. The van der Waals surface area contributed by atoms with E-state index in [0.29, 0.717) is 80.8 Å². The van der Waals surface area contributed by atoms with Crippen LogP contribution in [0.25, 0.3) is 0 Å². The number of nitrogens with two attached hydrogens (primary N) is 1. The van der Waals surface area contributed by atoms with Crippen molar-refractivity contribution in [2.45, 2.75) is 63.8 Å². The largest absolute Gasteiger partial charge is 0.378 e. The first-order valence-corrected chi connectivity index (χ1v) is 15.4. The van der Waals surface area contributed by atoms with Gasteiger partial charge < -0.3 is 36.5 Å². The lowest BCUT2D eigenvalue weighted by atomic mass is 9.89. The maximum Gasteiger partial charge on any atom is 0.251 e. The summed E-state index contributed by atoms with van der Waals surface area (Å²) in [5.74, 6) is 3.78. The molecule has 6 N–H and O–H groups in total. The number of carbonyl (C=O) groups is 1. The van der Waals surface area contributed by atoms with E-state index in [-0.39, 0.29) is 5.91 Å². The highest BCUT2D eigenvalue weighted by Gasteiger charge is 2.39. The van der Waals surface area contributed by atoms with Gasteiger partial charge in [0, 0.05) is 36.9 Å². The van der Waals surface area contributed by atoms with Gasteiger partial charge in [0.05, 0.1) is 26.4 Å². The molecule has 3 aliphatic carbocycles. The fourth-order valence-electron chi connectivity index (χ4n) is 6.37. The molecule has 41 heavy (non-hydrogen) atoms. The van der Waals surface area contributed by atoms with Gasteiger partial charge in [0.2, 0.25) is 17.8 Å². The molecule has 0 saturated heterocycles. The molecule has 3 fully saturated rings. The van der Waals surface area contributed by atoms with Crippen molar-refractivity contribution in [1.82, 2.24) is 20.3 Å². The van der Waals surface area contributed by atoms with Crippen LogP contribution in [0.2, 0.25) is 0 Å². The number of ether oxygens (including phenoxy) is 2. The van der Waals surface area contributed by atoms with E-state index in [2.05, 4.69) is 26.3 Å². The molecule has 3 unspecified atom stereocenters. The summed E-state index contributed by atoms with van der Waals surface area (Å²) in [5.41, 5.74) is 6.76. The van der Waals surface area contributed by atoms with Crippen molar-refractivity contribution in [1.29, 1.82) is 0 Å². The zero-order chi connectivity index (χ0) is 28.3. The number of hydrogen-bond donors (Lipinski definition) is 5. The van der Waals surface area contributed by atoms with E-state index in [0.717, 1.165) is 18.2 Å². The van der Waals surface area contributed by atoms with Crippen LogP contribution in [0.1, 0.15) is 68.1 Å². The minimum absolute atomic E-state index is 0.147. The van der Waals surface area contributed by atoms with Crippen LogP contribution in [0, 0.1) is 17.8 Å². The Bertz CT molecular complexity index is 1100. The number of nitrogens with one attached hydrogen (secondary N) is 4. The summed E-state index contributed by atoms with van der Waals surface area (Å²) < 4.78 is 10.7. The van der Waals surface area contributed by atoms with Gasteiger partial charge >= 0.3 is 0 Å². The van der Waals surface area contributed by atoms with E-state index in [9.17, 15) is 4.79 Å². The monoisotopic (exact) mass is 566 g/mol. The number of hydrogen-bond acceptors (Lipinski definition) is 10. The normalized spacial score (nSPS) is 22.0. The quantitative estimate of drug-likeness (QED) is 0.189. The third-order valence-electron chi connectivity index (χ3n) is 8.53. The van der Waals surface area contributed by atoms with Gasteiger partial charge in [-0.25, -0.2) is 0 Å². The van der Waals surface area contributed by atoms with Crippen LogP contribution in [0.15, 0.2) is 24.3 Å². The Balaban J connectivity index is 1.15. The molecule has 3 aliphatic rings. The average molecular weight is 567 g/mol. The summed E-state index contributed by atoms with van der Waals surface area (Å²) in [7, 11) is 0. The van der Waals surface area contributed by atoms with E-state index >= 15 is 0 Å². The number of nitrogens with zero attached hydrogens (tertiary/aromatic N) is 3. The minimum atomic E-state index is -0.147. The molecule has 11 heteroatoms. The van der Waals surface area contributed by atoms with Crippen LogP contribution in [-0.4, -0.2) is 73.0 Å². The molecule has 11 nitrogen and oxygen atoms in total. The summed E-state index contributed by atoms with van der Waals surface area (Å²) in [5, 5.41) is 13.3. The highest BCUT2D eigenvalue weighted by Crippen LogP contribution is 2.45. The molecule has 0 radical (unpaired) electrons. The van der Waals surface area contributed by atoms with Crippen molar-refractivity contribution >= 4 is 29.4 Å². The number of rotatable bonds is 16. The second-order valence-electron chi connectivity index (χ2n) is 11.6. The van der Waals surface area contributed by atoms with E-state index in [4.69, 9.17) is 25.2 Å². The first kappa shape index (κ1) is 29.5. The summed E-state index contributed by atoms with van der Waals surface area (Å²) in [6.45, 7) is 3.73. The van der Waals surface area contributed by atoms with Crippen molar-refractivity contribution in [2.75, 3.05) is 62.0 Å². The van der Waals surface area contributed by atoms with E-state index in [1.54, 1.807) is 12.1 Å². The van der Waals surface area contributed by atoms with Gasteiger partial charge in [-0.05, 0) is 74.1 Å². The Kier molecular flexibility index (Phi) is 11.0. The highest BCUT2D eigenvalue weighted by molar-refractivity contribution is 5.94. The predicted octanol–water partition coefficient (Wildman–Crippen LogP) is 3.93. The second-order valence-corrected chi connectivity index (χ2v) is 11.6. The molecule has 1 amide bonds. The molecule has 1 heterocycles. The van der Waals surface area contributed by atoms with E-state index in [1.807, 2.05) is 12.1 Å². The van der Waals surface area contributed by atoms with E-state index in [1.165, 1.54) is 57.8 Å². The van der Waals surface area contributed by atoms with Crippen LogP contribution in [-0.2, 0) is 9.47 Å². The van der Waals surface area contributed by atoms with Crippen molar-refractivity contribution in [2.24, 2.45) is 23.5 Å². The molecule has 2 bridgehead atoms. The van der Waals surface area contributed by atoms with E-state index < -0.39 is 0 Å². The molecule has 0 spiro atoms. The van der Waals surface area contributed by atoms with Gasteiger partial charge in [-0.15, -0.1) is 0 Å². The Morgan fingerprint density at radius 3 is 2.34 bits per heavy atom. The summed E-state index contributed by atoms with van der Waals surface area (Å²) in [4.78, 5) is 26.7. The topological polar surface area (TPSA) is 148 Å². The standard InChI is InChI=1S/C30H46N8O3/c31-12-14-40-16-17-41-15-13-32-27(39)23-8-10-25(11-9-23)34-29-36-28(33-20-21-4-2-1-3-5-21)37-30(38-29)35-26-19-22-6-7-24(26)18-22/h8-11,21-22,24,26H,1-7,12-20,31H2,(H,32,39)(H3,33,34,35,36,37,38). The van der Waals surface area contributed by atoms with Crippen LogP contribution < -0.4 is 27.0 Å². The lowest BCUT2D eigenvalue weighted by Gasteiger charge is -2.24. The fourth-order valence-corrected chi connectivity index (χ4v) is 6.37. The summed E-state index contributed by atoms with van der Waals surface area (Å²) >= 11 is 0. The SMILES string of the molecule is NCCOCCOCCNC(=O)c1ccc(Nc2nc(NCC3CCCCC3)nc(NC3CC4CCC3C4)n2)cc1. The molecule has 1 aromatic carbocycles. The second kappa shape index (κ2) is 15.3. The lowest BCUT2D eigenvalue weighted by Crippen LogP contribution is -2.27. The lowest BCUT2D eigenvalue weighted by molar-refractivity contribution is 0.0511. The number of carbonyl (C=O) groups excluding carboxylic acids is 1. The highest BCUT2D eigenvalue weighted by atomic mass is 16.5. The summed E-state index contributed by atoms with van der Waals surface area (Å²) in [6, 6.07) is 7.74. The number of aromatic nitrogens is 3. The Morgan fingerprint density at radius 2 is 1.61 bits per heavy atom. The van der Waals surface area contributed by atoms with Crippen LogP contribution in [0.5, 0.6) is 0 Å². The molecular weight excluding hydrogens is 520 g/mol. The smallest absolute Gasteiger partial charge is 0.251 e. The van der Waals surface area contributed by atoms with Gasteiger partial charge in [0.25, 0.3) is 5.91 Å². The fraction of sp³-hybridized carbons (Fsp3) is 0.667. The molecule has 3 saturated carbocycles. The molecular formula is C30H46N8O3. The van der Waals surface area contributed by atoms with Gasteiger partial charge in [0.1, 0.15) is 0 Å². The number of anilines is 4. The van der Waals surface area contributed by atoms with Gasteiger partial charge in [-0.2, -0.15) is 15.0 Å². The van der Waals surface area contributed by atoms with Crippen molar-refractivity contribution in [3.8, 4) is 0 Å². The zero-order valence-corrected chi connectivity index (χ0v) is 24.1. The van der Waals surface area contributed by atoms with Crippen molar-refractivity contribution < 1.29 is 14.3 Å². The predicted molar refractivity (Wildman–Crippen MR) is 161 cm³/mol. The molecule has 0 aliphatic heterocycles. The molecule has 5 rings (SSSR count). The summed E-state index contributed by atoms with van der Waals surface area (Å²) in [6.07, 6.45) is 11.6. The molecule has 1 aromatic heterocycles. The van der Waals surface area contributed by atoms with Gasteiger partial charge in [0.15, 0.2) is 0 Å². The zero-order valence-electron chi connectivity index (χ0n) is 24.1. The third-order valence-corrected chi connectivity index (χ3v) is 8.53. The maximum absolute atomic E-state index is 12.5. The van der Waals surface area contributed by atoms with Crippen LogP contribution in [0.3, 0.4) is 0 Å². The Labute approximate surface area is 243 Å². The van der Waals surface area contributed by atoms with Gasteiger partial charge in [-0.3, -0.25) is 4.79 Å². The van der Waals surface area contributed by atoms with Crippen LogP contribution >= 0.6 is 0 Å². The number of amides is 1. The maximum atomic E-state index is 12.5. The third kappa shape index (κ3) is 8.98. The minimum Gasteiger partial charge on any atom is -0.378 e. The first-order valence-electron chi connectivity index (χ1n) is 15.4. The number of fused-ring (bicyclic) bond motifs is 2. The molecule has 224 valence electrons. The Morgan fingerprint density at radius 1 is 0.854 bits per heavy atom. The average Bonchev–Trinajstić information content (AvgIpc) is 3.62. The van der Waals surface area contributed by atoms with Crippen molar-refractivity contribution in [3.63, 3.8) is 0 Å². The van der Waals surface area contributed by atoms with Crippen LogP contribution in [0.4, 0.5) is 23.5 Å². The molecule has 2 aromatic rings. The molecule has 3 atom stereocenters.